The number of H-pyrrole nitrogens is 1. The first-order chi connectivity index (χ1) is 8.06. The Kier molecular flexibility index (Phi) is 3.02. The van der Waals surface area contributed by atoms with Crippen molar-refractivity contribution < 1.29 is 4.79 Å². The van der Waals surface area contributed by atoms with Gasteiger partial charge in [0.1, 0.15) is 5.56 Å². The predicted octanol–water partition coefficient (Wildman–Crippen LogP) is 0.295. The standard InChI is InChI=1S/C12H17N3O2/c1-8-5-10(16)9(6-14-8)11(17)15-12(7-13)3-2-4-12/h5-6H,2-4,7,13H2,1H3,(H,14,16)(H,15,17). The molecule has 0 aromatic carbocycles. The Morgan fingerprint density at radius 1 is 1.59 bits per heavy atom. The number of aromatic amines is 1. The lowest BCUT2D eigenvalue weighted by Gasteiger charge is -2.41. The second-order valence-electron chi connectivity index (χ2n) is 4.69. The first kappa shape index (κ1) is 11.9. The predicted molar refractivity (Wildman–Crippen MR) is 64.9 cm³/mol. The van der Waals surface area contributed by atoms with Gasteiger partial charge in [0.2, 0.25) is 0 Å². The molecule has 0 bridgehead atoms. The van der Waals surface area contributed by atoms with Crippen LogP contribution in [0.25, 0.3) is 0 Å². The maximum Gasteiger partial charge on any atom is 0.257 e. The lowest BCUT2D eigenvalue weighted by atomic mass is 9.76. The van der Waals surface area contributed by atoms with Crippen molar-refractivity contribution in [2.75, 3.05) is 6.54 Å². The van der Waals surface area contributed by atoms with Gasteiger partial charge in [-0.25, -0.2) is 0 Å². The van der Waals surface area contributed by atoms with Crippen LogP contribution in [0, 0.1) is 6.92 Å². The summed E-state index contributed by atoms with van der Waals surface area (Å²) in [5.74, 6) is -0.337. The average Bonchev–Trinajstić information content (AvgIpc) is 2.23. The summed E-state index contributed by atoms with van der Waals surface area (Å²) < 4.78 is 0. The molecule has 0 spiro atoms. The molecule has 1 aliphatic rings. The van der Waals surface area contributed by atoms with Crippen molar-refractivity contribution in [3.8, 4) is 0 Å². The van der Waals surface area contributed by atoms with Crippen LogP contribution < -0.4 is 16.5 Å². The monoisotopic (exact) mass is 235 g/mol. The van der Waals surface area contributed by atoms with Gasteiger partial charge in [-0.15, -0.1) is 0 Å². The number of aryl methyl sites for hydroxylation is 1. The van der Waals surface area contributed by atoms with Crippen LogP contribution in [0.4, 0.5) is 0 Å². The minimum atomic E-state index is -0.337. The van der Waals surface area contributed by atoms with Gasteiger partial charge >= 0.3 is 0 Å². The number of hydrogen-bond donors (Lipinski definition) is 3. The number of nitrogens with one attached hydrogen (secondary N) is 2. The molecule has 0 radical (unpaired) electrons. The van der Waals surface area contributed by atoms with E-state index in [0.717, 1.165) is 25.0 Å². The largest absolute Gasteiger partial charge is 0.364 e. The van der Waals surface area contributed by atoms with E-state index in [1.54, 1.807) is 6.92 Å². The third-order valence-corrected chi connectivity index (χ3v) is 3.38. The second-order valence-corrected chi connectivity index (χ2v) is 4.69. The Labute approximate surface area is 99.4 Å². The van der Waals surface area contributed by atoms with Crippen LogP contribution in [-0.4, -0.2) is 23.0 Å². The maximum absolute atomic E-state index is 12.0. The molecule has 0 saturated heterocycles. The highest BCUT2D eigenvalue weighted by atomic mass is 16.2. The minimum absolute atomic E-state index is 0.148. The molecule has 5 heteroatoms. The summed E-state index contributed by atoms with van der Waals surface area (Å²) in [6.45, 7) is 2.19. The van der Waals surface area contributed by atoms with Crippen LogP contribution >= 0.6 is 0 Å². The van der Waals surface area contributed by atoms with Crippen molar-refractivity contribution >= 4 is 5.91 Å². The van der Waals surface area contributed by atoms with E-state index in [-0.39, 0.29) is 22.4 Å². The van der Waals surface area contributed by atoms with E-state index in [9.17, 15) is 9.59 Å². The van der Waals surface area contributed by atoms with Gasteiger partial charge in [-0.2, -0.15) is 0 Å². The van der Waals surface area contributed by atoms with E-state index in [4.69, 9.17) is 5.73 Å². The number of carbonyl (C=O) groups excluding carboxylic acids is 1. The van der Waals surface area contributed by atoms with E-state index in [1.807, 2.05) is 0 Å². The van der Waals surface area contributed by atoms with Crippen molar-refractivity contribution in [3.05, 3.63) is 33.7 Å². The highest BCUT2D eigenvalue weighted by Gasteiger charge is 2.37. The molecule has 2 rings (SSSR count). The number of nitrogens with two attached hydrogens (primary N) is 1. The molecule has 1 amide bonds. The van der Waals surface area contributed by atoms with Gasteiger partial charge in [0.25, 0.3) is 5.91 Å². The fourth-order valence-corrected chi connectivity index (χ4v) is 2.04. The van der Waals surface area contributed by atoms with Crippen LogP contribution in [0.3, 0.4) is 0 Å². The first-order valence-corrected chi connectivity index (χ1v) is 5.78. The smallest absolute Gasteiger partial charge is 0.257 e. The van der Waals surface area contributed by atoms with Crippen molar-refractivity contribution in [1.29, 1.82) is 0 Å². The van der Waals surface area contributed by atoms with Gasteiger partial charge in [-0.05, 0) is 26.2 Å². The topological polar surface area (TPSA) is 88.0 Å². The van der Waals surface area contributed by atoms with Gasteiger partial charge < -0.3 is 16.0 Å². The highest BCUT2D eigenvalue weighted by molar-refractivity contribution is 5.94. The van der Waals surface area contributed by atoms with Gasteiger partial charge in [0.15, 0.2) is 5.43 Å². The molecule has 1 aliphatic carbocycles. The zero-order chi connectivity index (χ0) is 12.5. The third kappa shape index (κ3) is 2.24. The molecule has 1 saturated carbocycles. The number of hydrogen-bond acceptors (Lipinski definition) is 3. The van der Waals surface area contributed by atoms with Crippen molar-refractivity contribution in [2.24, 2.45) is 5.73 Å². The Bertz CT molecular complexity index is 483. The van der Waals surface area contributed by atoms with Crippen molar-refractivity contribution in [3.63, 3.8) is 0 Å². The molecular weight excluding hydrogens is 218 g/mol. The Morgan fingerprint density at radius 2 is 2.29 bits per heavy atom. The molecule has 1 heterocycles. The molecule has 0 atom stereocenters. The Morgan fingerprint density at radius 3 is 2.76 bits per heavy atom. The van der Waals surface area contributed by atoms with Crippen molar-refractivity contribution in [2.45, 2.75) is 31.7 Å². The fraction of sp³-hybridized carbons (Fsp3) is 0.500. The summed E-state index contributed by atoms with van der Waals surface area (Å²) >= 11 is 0. The second kappa shape index (κ2) is 4.33. The quantitative estimate of drug-likeness (QED) is 0.703. The molecule has 0 aliphatic heterocycles. The van der Waals surface area contributed by atoms with E-state index in [1.165, 1.54) is 12.3 Å². The molecule has 1 aromatic rings. The van der Waals surface area contributed by atoms with Gasteiger partial charge in [0.05, 0.1) is 5.54 Å². The SMILES string of the molecule is Cc1cc(=O)c(C(=O)NC2(CN)CCC2)c[nH]1. The zero-order valence-electron chi connectivity index (χ0n) is 9.88. The minimum Gasteiger partial charge on any atom is -0.364 e. The van der Waals surface area contributed by atoms with E-state index in [0.29, 0.717) is 6.54 Å². The zero-order valence-corrected chi connectivity index (χ0v) is 9.88. The average molecular weight is 235 g/mol. The number of aromatic nitrogens is 1. The number of rotatable bonds is 3. The third-order valence-electron chi connectivity index (χ3n) is 3.38. The molecular formula is C12H17N3O2. The Hall–Kier alpha value is -1.62. The molecule has 1 aromatic heterocycles. The summed E-state index contributed by atoms with van der Waals surface area (Å²) in [6, 6.07) is 1.42. The Balaban J connectivity index is 2.17. The molecule has 5 nitrogen and oxygen atoms in total. The summed E-state index contributed by atoms with van der Waals surface area (Å²) in [5, 5.41) is 2.87. The van der Waals surface area contributed by atoms with E-state index < -0.39 is 0 Å². The molecule has 4 N–H and O–H groups in total. The van der Waals surface area contributed by atoms with E-state index >= 15 is 0 Å². The number of amides is 1. The first-order valence-electron chi connectivity index (χ1n) is 5.78. The number of pyridine rings is 1. The fourth-order valence-electron chi connectivity index (χ4n) is 2.04. The van der Waals surface area contributed by atoms with Crippen LogP contribution in [0.15, 0.2) is 17.1 Å². The van der Waals surface area contributed by atoms with Crippen LogP contribution in [0.5, 0.6) is 0 Å². The van der Waals surface area contributed by atoms with Gasteiger partial charge in [-0.1, -0.05) is 0 Å². The molecule has 0 unspecified atom stereocenters. The van der Waals surface area contributed by atoms with Gasteiger partial charge in [0, 0.05) is 24.5 Å². The lowest BCUT2D eigenvalue weighted by Crippen LogP contribution is -2.58. The maximum atomic E-state index is 12.0. The summed E-state index contributed by atoms with van der Waals surface area (Å²) in [7, 11) is 0. The number of carbonyl (C=O) groups is 1. The lowest BCUT2D eigenvalue weighted by molar-refractivity contribution is 0.0836. The van der Waals surface area contributed by atoms with Crippen molar-refractivity contribution in [1.82, 2.24) is 10.3 Å². The van der Waals surface area contributed by atoms with Gasteiger partial charge in [-0.3, -0.25) is 9.59 Å². The summed E-state index contributed by atoms with van der Waals surface area (Å²) in [4.78, 5) is 26.5. The van der Waals surface area contributed by atoms with Crippen LogP contribution in [0.1, 0.15) is 35.3 Å². The normalized spacial score (nSPS) is 17.3. The van der Waals surface area contributed by atoms with Crippen LogP contribution in [-0.2, 0) is 0 Å². The van der Waals surface area contributed by atoms with Crippen LogP contribution in [0.2, 0.25) is 0 Å². The molecule has 17 heavy (non-hydrogen) atoms. The molecule has 1 fully saturated rings. The van der Waals surface area contributed by atoms with E-state index in [2.05, 4.69) is 10.3 Å². The molecule has 92 valence electrons. The summed E-state index contributed by atoms with van der Waals surface area (Å²) in [5.41, 5.74) is 5.99. The summed E-state index contributed by atoms with van der Waals surface area (Å²) in [6.07, 6.45) is 4.30. The highest BCUT2D eigenvalue weighted by Crippen LogP contribution is 2.30.